The van der Waals surface area contributed by atoms with Crippen molar-refractivity contribution in [3.8, 4) is 5.75 Å². The third kappa shape index (κ3) is 3.98. The first-order chi connectivity index (χ1) is 15.4. The largest absolute Gasteiger partial charge is 0.495 e. The number of benzene rings is 2. The van der Waals surface area contributed by atoms with E-state index in [0.29, 0.717) is 39.9 Å². The standard InChI is InChI=1S/C25H27N3O4/c1-16-7-6-14-27(15-16)23-22(18-10-12-19(13-11-18)26-17(2)29)24(30)28(25(23)31)20-8-4-5-9-21(20)32-3/h4-5,8-13,16H,6-7,14-15H2,1-3H3,(H,26,29). The summed E-state index contributed by atoms with van der Waals surface area (Å²) >= 11 is 0. The summed E-state index contributed by atoms with van der Waals surface area (Å²) in [6.07, 6.45) is 2.07. The molecule has 2 heterocycles. The summed E-state index contributed by atoms with van der Waals surface area (Å²) in [5, 5.41) is 2.73. The van der Waals surface area contributed by atoms with Gasteiger partial charge < -0.3 is 15.0 Å². The van der Waals surface area contributed by atoms with E-state index in [1.807, 2.05) is 4.90 Å². The number of carbonyl (C=O) groups excluding carboxylic acids is 3. The second-order valence-corrected chi connectivity index (χ2v) is 8.29. The molecule has 1 N–H and O–H groups in total. The number of hydrogen-bond acceptors (Lipinski definition) is 5. The highest BCUT2D eigenvalue weighted by molar-refractivity contribution is 6.45. The molecule has 0 saturated carbocycles. The molecule has 0 bridgehead atoms. The van der Waals surface area contributed by atoms with E-state index < -0.39 is 0 Å². The number of likely N-dealkylation sites (tertiary alicyclic amines) is 1. The lowest BCUT2D eigenvalue weighted by atomic mass is 9.97. The Morgan fingerprint density at radius 2 is 1.78 bits per heavy atom. The Labute approximate surface area is 187 Å². The van der Waals surface area contributed by atoms with Gasteiger partial charge in [0.15, 0.2) is 0 Å². The fourth-order valence-corrected chi connectivity index (χ4v) is 4.42. The number of anilines is 2. The minimum Gasteiger partial charge on any atom is -0.495 e. The predicted molar refractivity (Wildman–Crippen MR) is 123 cm³/mol. The molecule has 7 heteroatoms. The van der Waals surface area contributed by atoms with Gasteiger partial charge in [0, 0.05) is 25.7 Å². The van der Waals surface area contributed by atoms with Crippen molar-refractivity contribution in [2.45, 2.75) is 26.7 Å². The molecule has 3 amide bonds. The van der Waals surface area contributed by atoms with Crippen LogP contribution in [0, 0.1) is 5.92 Å². The summed E-state index contributed by atoms with van der Waals surface area (Å²) in [6.45, 7) is 5.05. The Morgan fingerprint density at radius 3 is 2.44 bits per heavy atom. The van der Waals surface area contributed by atoms with Gasteiger partial charge in [0.2, 0.25) is 5.91 Å². The number of piperidine rings is 1. The fourth-order valence-electron chi connectivity index (χ4n) is 4.42. The molecular weight excluding hydrogens is 406 g/mol. The highest BCUT2D eigenvalue weighted by atomic mass is 16.5. The number of nitrogens with one attached hydrogen (secondary N) is 1. The zero-order valence-electron chi connectivity index (χ0n) is 18.6. The first kappa shape index (κ1) is 21.6. The molecule has 2 aromatic carbocycles. The number of carbonyl (C=O) groups is 3. The van der Waals surface area contributed by atoms with Crippen molar-refractivity contribution < 1.29 is 19.1 Å². The Bertz CT molecular complexity index is 1090. The maximum absolute atomic E-state index is 13.7. The van der Waals surface area contributed by atoms with Gasteiger partial charge in [-0.1, -0.05) is 31.2 Å². The van der Waals surface area contributed by atoms with E-state index in [1.54, 1.807) is 48.5 Å². The molecule has 2 aliphatic rings. The van der Waals surface area contributed by atoms with Crippen LogP contribution in [-0.4, -0.2) is 42.8 Å². The van der Waals surface area contributed by atoms with Crippen LogP contribution in [0.5, 0.6) is 5.75 Å². The molecule has 1 fully saturated rings. The Hall–Kier alpha value is -3.61. The number of rotatable bonds is 5. The topological polar surface area (TPSA) is 79.0 Å². The maximum Gasteiger partial charge on any atom is 0.282 e. The van der Waals surface area contributed by atoms with Crippen molar-refractivity contribution in [3.63, 3.8) is 0 Å². The number of ether oxygens (including phenoxy) is 1. The van der Waals surface area contributed by atoms with Crippen LogP contribution >= 0.6 is 0 Å². The van der Waals surface area contributed by atoms with E-state index in [2.05, 4.69) is 12.2 Å². The minimum atomic E-state index is -0.375. The summed E-state index contributed by atoms with van der Waals surface area (Å²) in [5.41, 5.74) is 2.51. The summed E-state index contributed by atoms with van der Waals surface area (Å²) < 4.78 is 5.43. The molecule has 7 nitrogen and oxygen atoms in total. The van der Waals surface area contributed by atoms with E-state index in [9.17, 15) is 14.4 Å². The Morgan fingerprint density at radius 1 is 1.06 bits per heavy atom. The van der Waals surface area contributed by atoms with Crippen molar-refractivity contribution >= 4 is 34.7 Å². The van der Waals surface area contributed by atoms with Crippen molar-refractivity contribution in [1.82, 2.24) is 4.90 Å². The average Bonchev–Trinajstić information content (AvgIpc) is 3.03. The maximum atomic E-state index is 13.7. The predicted octanol–water partition coefficient (Wildman–Crippen LogP) is 3.67. The lowest BCUT2D eigenvalue weighted by molar-refractivity contribution is -0.121. The number of methoxy groups -OCH3 is 1. The van der Waals surface area contributed by atoms with Crippen LogP contribution in [-0.2, 0) is 14.4 Å². The van der Waals surface area contributed by atoms with Gasteiger partial charge in [-0.25, -0.2) is 4.90 Å². The lowest BCUT2D eigenvalue weighted by Gasteiger charge is -2.33. The second-order valence-electron chi connectivity index (χ2n) is 8.29. The summed E-state index contributed by atoms with van der Waals surface area (Å²) in [6, 6.07) is 14.0. The van der Waals surface area contributed by atoms with E-state index in [1.165, 1.54) is 18.9 Å². The molecule has 1 unspecified atom stereocenters. The van der Waals surface area contributed by atoms with Gasteiger partial charge in [0.05, 0.1) is 18.4 Å². The van der Waals surface area contributed by atoms with E-state index >= 15 is 0 Å². The van der Waals surface area contributed by atoms with Crippen molar-refractivity contribution in [3.05, 3.63) is 59.8 Å². The Balaban J connectivity index is 1.80. The molecule has 1 saturated heterocycles. The van der Waals surface area contributed by atoms with Crippen LogP contribution in [0.15, 0.2) is 54.2 Å². The third-order valence-corrected chi connectivity index (χ3v) is 5.85. The summed E-state index contributed by atoms with van der Waals surface area (Å²) in [7, 11) is 1.52. The molecular formula is C25H27N3O4. The first-order valence-electron chi connectivity index (χ1n) is 10.8. The molecule has 32 heavy (non-hydrogen) atoms. The molecule has 0 aliphatic carbocycles. The van der Waals surface area contributed by atoms with Gasteiger partial charge in [-0.3, -0.25) is 14.4 Å². The van der Waals surface area contributed by atoms with Crippen LogP contribution in [0.1, 0.15) is 32.3 Å². The summed E-state index contributed by atoms with van der Waals surface area (Å²) in [4.78, 5) is 42.0. The molecule has 2 aliphatic heterocycles. The van der Waals surface area contributed by atoms with E-state index in [4.69, 9.17) is 4.74 Å². The number of para-hydroxylation sites is 2. The lowest BCUT2D eigenvalue weighted by Crippen LogP contribution is -2.39. The quantitative estimate of drug-likeness (QED) is 0.728. The van der Waals surface area contributed by atoms with Crippen LogP contribution in [0.25, 0.3) is 5.57 Å². The Kier molecular flexibility index (Phi) is 5.99. The minimum absolute atomic E-state index is 0.172. The molecule has 0 aromatic heterocycles. The number of imide groups is 1. The molecule has 4 rings (SSSR count). The zero-order valence-corrected chi connectivity index (χ0v) is 18.6. The number of amides is 3. The SMILES string of the molecule is COc1ccccc1N1C(=O)C(c2ccc(NC(C)=O)cc2)=C(N2CCCC(C)C2)C1=O. The van der Waals surface area contributed by atoms with Crippen LogP contribution in [0.2, 0.25) is 0 Å². The zero-order chi connectivity index (χ0) is 22.8. The third-order valence-electron chi connectivity index (χ3n) is 5.85. The molecule has 0 radical (unpaired) electrons. The van der Waals surface area contributed by atoms with Crippen molar-refractivity contribution in [2.75, 3.05) is 30.4 Å². The first-order valence-corrected chi connectivity index (χ1v) is 10.8. The van der Waals surface area contributed by atoms with E-state index in [-0.39, 0.29) is 17.7 Å². The van der Waals surface area contributed by atoms with Crippen LogP contribution in [0.3, 0.4) is 0 Å². The van der Waals surface area contributed by atoms with Gasteiger partial charge in [-0.05, 0) is 48.6 Å². The van der Waals surface area contributed by atoms with Crippen LogP contribution in [0.4, 0.5) is 11.4 Å². The van der Waals surface area contributed by atoms with Gasteiger partial charge in [0.1, 0.15) is 11.4 Å². The van der Waals surface area contributed by atoms with Crippen LogP contribution < -0.4 is 15.0 Å². The van der Waals surface area contributed by atoms with Crippen molar-refractivity contribution in [2.24, 2.45) is 5.92 Å². The normalized spacial score (nSPS) is 18.9. The molecule has 2 aromatic rings. The van der Waals surface area contributed by atoms with Gasteiger partial charge in [-0.15, -0.1) is 0 Å². The van der Waals surface area contributed by atoms with Gasteiger partial charge >= 0.3 is 0 Å². The second kappa shape index (κ2) is 8.86. The molecule has 1 atom stereocenters. The monoisotopic (exact) mass is 433 g/mol. The smallest absolute Gasteiger partial charge is 0.282 e. The van der Waals surface area contributed by atoms with E-state index in [0.717, 1.165) is 25.9 Å². The van der Waals surface area contributed by atoms with Crippen molar-refractivity contribution in [1.29, 1.82) is 0 Å². The number of nitrogens with zero attached hydrogens (tertiary/aromatic N) is 2. The molecule has 166 valence electrons. The number of hydrogen-bond donors (Lipinski definition) is 1. The average molecular weight is 434 g/mol. The highest BCUT2D eigenvalue weighted by Crippen LogP contribution is 2.39. The fraction of sp³-hybridized carbons (Fsp3) is 0.320. The molecule has 0 spiro atoms. The van der Waals surface area contributed by atoms with Gasteiger partial charge in [-0.2, -0.15) is 0 Å². The highest BCUT2D eigenvalue weighted by Gasteiger charge is 2.44. The summed E-state index contributed by atoms with van der Waals surface area (Å²) in [5.74, 6) is 0.00893. The van der Waals surface area contributed by atoms with Gasteiger partial charge in [0.25, 0.3) is 11.8 Å².